The summed E-state index contributed by atoms with van der Waals surface area (Å²) in [7, 11) is 1.63. The Morgan fingerprint density at radius 2 is 2.10 bits per heavy atom. The van der Waals surface area contributed by atoms with Gasteiger partial charge in [-0.2, -0.15) is 0 Å². The maximum Gasteiger partial charge on any atom is 0.287 e. The van der Waals surface area contributed by atoms with E-state index in [0.717, 1.165) is 11.8 Å². The van der Waals surface area contributed by atoms with Crippen molar-refractivity contribution in [2.45, 2.75) is 6.42 Å². The number of carbonyl (C=O) groups excluding carboxylic acids is 1. The molecule has 0 fully saturated rings. The van der Waals surface area contributed by atoms with Crippen LogP contribution in [0.15, 0.2) is 22.6 Å². The van der Waals surface area contributed by atoms with Crippen LogP contribution < -0.4 is 14.8 Å². The minimum Gasteiger partial charge on any atom is -0.454 e. The van der Waals surface area contributed by atoms with E-state index in [4.69, 9.17) is 18.6 Å². The van der Waals surface area contributed by atoms with Crippen molar-refractivity contribution < 1.29 is 23.4 Å². The number of benzene rings is 1. The maximum absolute atomic E-state index is 11.9. The van der Waals surface area contributed by atoms with E-state index in [1.165, 1.54) is 0 Å². The lowest BCUT2D eigenvalue weighted by Gasteiger charge is -2.01. The van der Waals surface area contributed by atoms with Crippen molar-refractivity contribution in [1.29, 1.82) is 0 Å². The molecule has 1 aliphatic rings. The topological polar surface area (TPSA) is 69.9 Å². The van der Waals surface area contributed by atoms with Crippen LogP contribution in [0.5, 0.6) is 11.5 Å². The number of rotatable bonds is 5. The molecule has 2 aromatic rings. The van der Waals surface area contributed by atoms with Crippen LogP contribution >= 0.6 is 0 Å². The minimum absolute atomic E-state index is 0.217. The van der Waals surface area contributed by atoms with Gasteiger partial charge in [0.2, 0.25) is 6.79 Å². The van der Waals surface area contributed by atoms with Gasteiger partial charge >= 0.3 is 0 Å². The number of amides is 1. The molecule has 0 spiro atoms. The molecule has 6 heteroatoms. The van der Waals surface area contributed by atoms with Crippen molar-refractivity contribution >= 4 is 16.9 Å². The summed E-state index contributed by atoms with van der Waals surface area (Å²) in [6.07, 6.45) is 0.762. The number of nitrogens with one attached hydrogen (secondary N) is 1. The first-order valence-corrected chi connectivity index (χ1v) is 6.38. The van der Waals surface area contributed by atoms with Crippen molar-refractivity contribution in [2.24, 2.45) is 0 Å². The molecule has 0 saturated carbocycles. The van der Waals surface area contributed by atoms with Gasteiger partial charge in [0.15, 0.2) is 17.3 Å². The van der Waals surface area contributed by atoms with E-state index >= 15 is 0 Å². The summed E-state index contributed by atoms with van der Waals surface area (Å²) in [5, 5.41) is 3.59. The Balaban J connectivity index is 1.74. The maximum atomic E-state index is 11.9. The second-order valence-corrected chi connectivity index (χ2v) is 4.46. The van der Waals surface area contributed by atoms with Gasteiger partial charge in [-0.15, -0.1) is 0 Å². The molecule has 0 radical (unpaired) electrons. The summed E-state index contributed by atoms with van der Waals surface area (Å²) in [4.78, 5) is 11.9. The van der Waals surface area contributed by atoms with Gasteiger partial charge in [-0.05, 0) is 18.6 Å². The van der Waals surface area contributed by atoms with Crippen molar-refractivity contribution in [1.82, 2.24) is 5.32 Å². The number of methoxy groups -OCH3 is 1. The normalized spacial score (nSPS) is 12.8. The van der Waals surface area contributed by atoms with Gasteiger partial charge in [0.05, 0.1) is 0 Å². The standard InChI is InChI=1S/C14H15NO5/c1-17-4-2-3-15-14(16)13-6-9-5-11-12(19-8-18-11)7-10(9)20-13/h5-7H,2-4,8H2,1H3,(H,15,16). The molecule has 0 aliphatic carbocycles. The number of ether oxygens (including phenoxy) is 3. The monoisotopic (exact) mass is 277 g/mol. The Morgan fingerprint density at radius 3 is 2.90 bits per heavy atom. The summed E-state index contributed by atoms with van der Waals surface area (Å²) in [5.41, 5.74) is 0.608. The highest BCUT2D eigenvalue weighted by molar-refractivity contribution is 5.96. The third-order valence-electron chi connectivity index (χ3n) is 3.05. The molecule has 0 saturated heterocycles. The van der Waals surface area contributed by atoms with E-state index in [2.05, 4.69) is 5.32 Å². The molecule has 0 bridgehead atoms. The number of hydrogen-bond acceptors (Lipinski definition) is 5. The Morgan fingerprint density at radius 1 is 1.30 bits per heavy atom. The highest BCUT2D eigenvalue weighted by atomic mass is 16.7. The van der Waals surface area contributed by atoms with Gasteiger partial charge in [0.1, 0.15) is 5.58 Å². The number of carbonyl (C=O) groups is 1. The second kappa shape index (κ2) is 5.42. The molecule has 1 aromatic carbocycles. The predicted molar refractivity (Wildman–Crippen MR) is 71.2 cm³/mol. The number of hydrogen-bond donors (Lipinski definition) is 1. The van der Waals surface area contributed by atoms with Crippen molar-refractivity contribution in [3.63, 3.8) is 0 Å². The molecule has 1 aliphatic heterocycles. The molecule has 0 atom stereocenters. The Labute approximate surface area is 115 Å². The van der Waals surface area contributed by atoms with Crippen LogP contribution in [0.3, 0.4) is 0 Å². The van der Waals surface area contributed by atoms with E-state index in [-0.39, 0.29) is 18.5 Å². The largest absolute Gasteiger partial charge is 0.454 e. The van der Waals surface area contributed by atoms with E-state index in [1.807, 2.05) is 6.07 Å². The molecule has 6 nitrogen and oxygen atoms in total. The van der Waals surface area contributed by atoms with Crippen LogP contribution in [0.1, 0.15) is 17.0 Å². The van der Waals surface area contributed by atoms with E-state index in [9.17, 15) is 4.79 Å². The Hall–Kier alpha value is -2.21. The average Bonchev–Trinajstić information content (AvgIpc) is 3.05. The number of furan rings is 1. The molecule has 1 N–H and O–H groups in total. The Bertz CT molecular complexity index is 593. The minimum atomic E-state index is -0.237. The quantitative estimate of drug-likeness (QED) is 0.846. The second-order valence-electron chi connectivity index (χ2n) is 4.46. The summed E-state index contributed by atoms with van der Waals surface area (Å²) >= 11 is 0. The molecule has 0 unspecified atom stereocenters. The van der Waals surface area contributed by atoms with Crippen LogP contribution in [0.25, 0.3) is 11.0 Å². The zero-order chi connectivity index (χ0) is 13.9. The molecule has 1 amide bonds. The lowest BCUT2D eigenvalue weighted by molar-refractivity contribution is 0.0923. The first-order valence-electron chi connectivity index (χ1n) is 6.38. The molecule has 20 heavy (non-hydrogen) atoms. The van der Waals surface area contributed by atoms with Crippen molar-refractivity contribution in [3.05, 3.63) is 24.0 Å². The zero-order valence-corrected chi connectivity index (χ0v) is 11.1. The highest BCUT2D eigenvalue weighted by Crippen LogP contribution is 2.37. The molecule has 3 rings (SSSR count). The Kier molecular flexibility index (Phi) is 3.47. The van der Waals surface area contributed by atoms with E-state index < -0.39 is 0 Å². The van der Waals surface area contributed by atoms with Gasteiger partial charge in [0.25, 0.3) is 5.91 Å². The molecular formula is C14H15NO5. The molecule has 2 heterocycles. The van der Waals surface area contributed by atoms with Gasteiger partial charge in [-0.1, -0.05) is 0 Å². The third kappa shape index (κ3) is 2.42. The van der Waals surface area contributed by atoms with Gasteiger partial charge in [-0.3, -0.25) is 4.79 Å². The summed E-state index contributed by atoms with van der Waals surface area (Å²) in [5.74, 6) is 1.35. The van der Waals surface area contributed by atoms with E-state index in [1.54, 1.807) is 19.2 Å². The lowest BCUT2D eigenvalue weighted by atomic mass is 10.2. The highest BCUT2D eigenvalue weighted by Gasteiger charge is 2.18. The fraction of sp³-hybridized carbons (Fsp3) is 0.357. The fourth-order valence-electron chi connectivity index (χ4n) is 2.05. The van der Waals surface area contributed by atoms with Crippen LogP contribution in [0.4, 0.5) is 0 Å². The van der Waals surface area contributed by atoms with Gasteiger partial charge in [-0.25, -0.2) is 0 Å². The molecule has 106 valence electrons. The lowest BCUT2D eigenvalue weighted by Crippen LogP contribution is -2.24. The van der Waals surface area contributed by atoms with Crippen LogP contribution in [0.2, 0.25) is 0 Å². The first kappa shape index (κ1) is 12.8. The van der Waals surface area contributed by atoms with Crippen LogP contribution in [-0.4, -0.2) is 33.0 Å². The molecular weight excluding hydrogens is 262 g/mol. The fourth-order valence-corrected chi connectivity index (χ4v) is 2.05. The summed E-state index contributed by atoms with van der Waals surface area (Å²) < 4.78 is 21.0. The SMILES string of the molecule is COCCCNC(=O)c1cc2cc3c(cc2o1)OCO3. The van der Waals surface area contributed by atoms with Gasteiger partial charge in [0, 0.05) is 31.7 Å². The smallest absolute Gasteiger partial charge is 0.287 e. The van der Waals surface area contributed by atoms with Crippen LogP contribution in [-0.2, 0) is 4.74 Å². The summed E-state index contributed by atoms with van der Waals surface area (Å²) in [6, 6.07) is 5.24. The average molecular weight is 277 g/mol. The third-order valence-corrected chi connectivity index (χ3v) is 3.05. The van der Waals surface area contributed by atoms with Crippen molar-refractivity contribution in [3.8, 4) is 11.5 Å². The van der Waals surface area contributed by atoms with Crippen LogP contribution in [0, 0.1) is 0 Å². The summed E-state index contributed by atoms with van der Waals surface area (Å²) in [6.45, 7) is 1.38. The molecule has 1 aromatic heterocycles. The predicted octanol–water partition coefficient (Wildman–Crippen LogP) is 1.93. The van der Waals surface area contributed by atoms with Gasteiger partial charge < -0.3 is 23.9 Å². The van der Waals surface area contributed by atoms with E-state index in [0.29, 0.717) is 30.2 Å². The number of fused-ring (bicyclic) bond motifs is 2. The zero-order valence-electron chi connectivity index (χ0n) is 11.1. The van der Waals surface area contributed by atoms with Crippen molar-refractivity contribution in [2.75, 3.05) is 27.1 Å². The first-order chi connectivity index (χ1) is 9.78.